The number of primary amides is 1. The number of hydrogen-bond acceptors (Lipinski definition) is 5. The molecule has 0 spiro atoms. The molecule has 0 aliphatic rings. The Labute approximate surface area is 95.5 Å². The van der Waals surface area contributed by atoms with Gasteiger partial charge in [-0.15, -0.1) is 0 Å². The molecule has 0 aromatic heterocycles. The Morgan fingerprint density at radius 3 is 2.50 bits per heavy atom. The second kappa shape index (κ2) is 7.19. The lowest BCUT2D eigenvalue weighted by atomic mass is 9.94. The molecule has 94 valence electrons. The van der Waals surface area contributed by atoms with Gasteiger partial charge in [-0.1, -0.05) is 0 Å². The normalized spacial score (nSPS) is 11.2. The third-order valence-electron chi connectivity index (χ3n) is 1.97. The largest absolute Gasteiger partial charge is 0.469 e. The third kappa shape index (κ3) is 6.36. The minimum Gasteiger partial charge on any atom is -0.469 e. The zero-order valence-corrected chi connectivity index (χ0v) is 10.0. The van der Waals surface area contributed by atoms with E-state index in [4.69, 9.17) is 10.5 Å². The van der Waals surface area contributed by atoms with E-state index in [-0.39, 0.29) is 12.6 Å². The lowest BCUT2D eigenvalue weighted by molar-refractivity contribution is -0.150. The quantitative estimate of drug-likeness (QED) is 0.425. The maximum absolute atomic E-state index is 11.3. The van der Waals surface area contributed by atoms with E-state index < -0.39 is 11.3 Å². The fraction of sp³-hybridized carbons (Fsp3) is 0.800. The number of ether oxygens (including phenoxy) is 2. The minimum absolute atomic E-state index is 0.0813. The van der Waals surface area contributed by atoms with Crippen molar-refractivity contribution in [2.45, 2.75) is 13.8 Å². The monoisotopic (exact) mass is 232 g/mol. The van der Waals surface area contributed by atoms with Crippen molar-refractivity contribution in [3.8, 4) is 0 Å². The average molecular weight is 232 g/mol. The highest BCUT2D eigenvalue weighted by Gasteiger charge is 2.27. The van der Waals surface area contributed by atoms with Crippen molar-refractivity contribution >= 4 is 11.9 Å². The van der Waals surface area contributed by atoms with Crippen LogP contribution in [0.3, 0.4) is 0 Å². The molecule has 6 heteroatoms. The van der Waals surface area contributed by atoms with Gasteiger partial charge >= 0.3 is 5.97 Å². The first-order valence-corrected chi connectivity index (χ1v) is 5.05. The molecule has 0 rings (SSSR count). The van der Waals surface area contributed by atoms with Crippen molar-refractivity contribution in [2.24, 2.45) is 11.1 Å². The van der Waals surface area contributed by atoms with Gasteiger partial charge in [-0.25, -0.2) is 0 Å². The Balaban J connectivity index is 3.58. The van der Waals surface area contributed by atoms with Crippen LogP contribution in [0.1, 0.15) is 13.8 Å². The Kier molecular flexibility index (Phi) is 6.67. The van der Waals surface area contributed by atoms with Gasteiger partial charge in [0.05, 0.1) is 19.1 Å². The van der Waals surface area contributed by atoms with Gasteiger partial charge in [0.2, 0.25) is 5.91 Å². The molecule has 0 saturated carbocycles. The van der Waals surface area contributed by atoms with Crippen LogP contribution in [0.2, 0.25) is 0 Å². The summed E-state index contributed by atoms with van der Waals surface area (Å²) in [5.41, 5.74) is 4.32. The molecule has 0 aromatic carbocycles. The zero-order valence-electron chi connectivity index (χ0n) is 10.0. The van der Waals surface area contributed by atoms with Gasteiger partial charge in [-0.3, -0.25) is 9.59 Å². The fourth-order valence-corrected chi connectivity index (χ4v) is 1.07. The first-order chi connectivity index (χ1) is 7.40. The van der Waals surface area contributed by atoms with E-state index in [2.05, 4.69) is 10.1 Å². The molecule has 0 aliphatic carbocycles. The molecule has 0 bridgehead atoms. The van der Waals surface area contributed by atoms with Crippen LogP contribution in [0.25, 0.3) is 0 Å². The molecule has 0 radical (unpaired) electrons. The summed E-state index contributed by atoms with van der Waals surface area (Å²) in [5, 5.41) is 3.04. The maximum atomic E-state index is 11.3. The van der Waals surface area contributed by atoms with Gasteiger partial charge in [0.15, 0.2) is 0 Å². The Morgan fingerprint density at radius 1 is 1.38 bits per heavy atom. The summed E-state index contributed by atoms with van der Waals surface area (Å²) in [6.07, 6.45) is 0. The standard InChI is InChI=1S/C10H20N2O4/c1-10(2,9(14)15-3)7-12-4-5-16-6-8(11)13/h12H,4-7H2,1-3H3,(H2,11,13). The number of nitrogens with two attached hydrogens (primary N) is 1. The molecule has 0 atom stereocenters. The summed E-state index contributed by atoms with van der Waals surface area (Å²) in [5.74, 6) is -0.757. The van der Waals surface area contributed by atoms with E-state index in [0.29, 0.717) is 19.7 Å². The molecule has 0 unspecified atom stereocenters. The third-order valence-corrected chi connectivity index (χ3v) is 1.97. The van der Waals surface area contributed by atoms with Gasteiger partial charge in [-0.05, 0) is 13.8 Å². The van der Waals surface area contributed by atoms with E-state index in [1.54, 1.807) is 13.8 Å². The van der Waals surface area contributed by atoms with Gasteiger partial charge in [0.1, 0.15) is 6.61 Å². The Bertz CT molecular complexity index is 241. The van der Waals surface area contributed by atoms with Crippen LogP contribution in [-0.2, 0) is 19.1 Å². The summed E-state index contributed by atoms with van der Waals surface area (Å²) < 4.78 is 9.60. The highest BCUT2D eigenvalue weighted by molar-refractivity contribution is 5.76. The number of carbonyl (C=O) groups is 2. The first-order valence-electron chi connectivity index (χ1n) is 5.05. The smallest absolute Gasteiger partial charge is 0.312 e. The van der Waals surface area contributed by atoms with Crippen LogP contribution in [0, 0.1) is 5.41 Å². The number of nitrogens with one attached hydrogen (secondary N) is 1. The summed E-state index contributed by atoms with van der Waals surface area (Å²) >= 11 is 0. The van der Waals surface area contributed by atoms with E-state index in [1.165, 1.54) is 7.11 Å². The number of amides is 1. The van der Waals surface area contributed by atoms with E-state index in [1.807, 2.05) is 0 Å². The summed E-state index contributed by atoms with van der Waals surface area (Å²) in [4.78, 5) is 21.6. The number of hydrogen-bond donors (Lipinski definition) is 2. The molecule has 0 heterocycles. The van der Waals surface area contributed by atoms with Crippen molar-refractivity contribution in [3.63, 3.8) is 0 Å². The van der Waals surface area contributed by atoms with Crippen LogP contribution >= 0.6 is 0 Å². The molecule has 6 nitrogen and oxygen atoms in total. The predicted octanol–water partition coefficient (Wildman–Crippen LogP) is -0.723. The van der Waals surface area contributed by atoms with E-state index in [0.717, 1.165) is 0 Å². The van der Waals surface area contributed by atoms with Crippen LogP contribution in [0.5, 0.6) is 0 Å². The Morgan fingerprint density at radius 2 is 2.00 bits per heavy atom. The number of carbonyl (C=O) groups excluding carboxylic acids is 2. The fourth-order valence-electron chi connectivity index (χ4n) is 1.07. The second-order valence-corrected chi connectivity index (χ2v) is 4.07. The lowest BCUT2D eigenvalue weighted by Gasteiger charge is -2.21. The van der Waals surface area contributed by atoms with Crippen molar-refractivity contribution in [1.82, 2.24) is 5.32 Å². The molecule has 0 saturated heterocycles. The summed E-state index contributed by atoms with van der Waals surface area (Å²) in [7, 11) is 1.36. The number of methoxy groups -OCH3 is 1. The van der Waals surface area contributed by atoms with Gasteiger partial charge in [-0.2, -0.15) is 0 Å². The molecule has 3 N–H and O–H groups in total. The molecule has 0 aromatic rings. The SMILES string of the molecule is COC(=O)C(C)(C)CNCCOCC(N)=O. The van der Waals surface area contributed by atoms with Crippen LogP contribution < -0.4 is 11.1 Å². The molecular formula is C10H20N2O4. The van der Waals surface area contributed by atoms with Crippen molar-refractivity contribution in [1.29, 1.82) is 0 Å². The molecule has 0 fully saturated rings. The van der Waals surface area contributed by atoms with Crippen LogP contribution in [-0.4, -0.2) is 45.3 Å². The first kappa shape index (κ1) is 14.9. The predicted molar refractivity (Wildman–Crippen MR) is 58.7 cm³/mol. The molecular weight excluding hydrogens is 212 g/mol. The highest BCUT2D eigenvalue weighted by Crippen LogP contribution is 2.14. The minimum atomic E-state index is -0.571. The lowest BCUT2D eigenvalue weighted by Crippen LogP contribution is -2.38. The van der Waals surface area contributed by atoms with E-state index >= 15 is 0 Å². The van der Waals surface area contributed by atoms with E-state index in [9.17, 15) is 9.59 Å². The van der Waals surface area contributed by atoms with Crippen LogP contribution in [0.4, 0.5) is 0 Å². The van der Waals surface area contributed by atoms with Crippen molar-refractivity contribution in [3.05, 3.63) is 0 Å². The van der Waals surface area contributed by atoms with Crippen LogP contribution in [0.15, 0.2) is 0 Å². The molecule has 1 amide bonds. The molecule has 0 aliphatic heterocycles. The average Bonchev–Trinajstić information content (AvgIpc) is 2.21. The number of esters is 1. The van der Waals surface area contributed by atoms with Crippen molar-refractivity contribution < 1.29 is 19.1 Å². The molecule has 16 heavy (non-hydrogen) atoms. The maximum Gasteiger partial charge on any atom is 0.312 e. The topological polar surface area (TPSA) is 90.7 Å². The van der Waals surface area contributed by atoms with Crippen molar-refractivity contribution in [2.75, 3.05) is 33.4 Å². The van der Waals surface area contributed by atoms with Gasteiger partial charge in [0, 0.05) is 13.1 Å². The second-order valence-electron chi connectivity index (χ2n) is 4.07. The highest BCUT2D eigenvalue weighted by atomic mass is 16.5. The summed E-state index contributed by atoms with van der Waals surface area (Å²) in [6.45, 7) is 4.90. The number of rotatable bonds is 8. The summed E-state index contributed by atoms with van der Waals surface area (Å²) in [6, 6.07) is 0. The zero-order chi connectivity index (χ0) is 12.6. The van der Waals surface area contributed by atoms with Gasteiger partial charge < -0.3 is 20.5 Å². The van der Waals surface area contributed by atoms with Gasteiger partial charge in [0.25, 0.3) is 0 Å². The Hall–Kier alpha value is -1.14.